The van der Waals surface area contributed by atoms with Crippen LogP contribution in [-0.2, 0) is 15.4 Å². The van der Waals surface area contributed by atoms with Crippen LogP contribution >= 0.6 is 0 Å². The van der Waals surface area contributed by atoms with Crippen molar-refractivity contribution in [3.8, 4) is 11.5 Å². The lowest BCUT2D eigenvalue weighted by molar-refractivity contribution is 0.102. The van der Waals surface area contributed by atoms with Crippen LogP contribution in [0.4, 0.5) is 11.4 Å². The number of fused-ring (bicyclic) bond motifs is 1. The van der Waals surface area contributed by atoms with E-state index in [0.29, 0.717) is 41.7 Å². The summed E-state index contributed by atoms with van der Waals surface area (Å²) in [7, 11) is -3.86. The Labute approximate surface area is 193 Å². The van der Waals surface area contributed by atoms with Gasteiger partial charge in [-0.2, -0.15) is 0 Å². The van der Waals surface area contributed by atoms with Gasteiger partial charge in [0.15, 0.2) is 11.5 Å². The zero-order chi connectivity index (χ0) is 23.6. The van der Waals surface area contributed by atoms with E-state index in [-0.39, 0.29) is 16.2 Å². The number of sulfonamides is 1. The van der Waals surface area contributed by atoms with Crippen molar-refractivity contribution in [1.82, 2.24) is 0 Å². The Kier molecular flexibility index (Phi) is 6.03. The number of ether oxygens (including phenoxy) is 2. The van der Waals surface area contributed by atoms with Crippen LogP contribution in [0.1, 0.15) is 36.7 Å². The van der Waals surface area contributed by atoms with E-state index in [0.717, 1.165) is 5.56 Å². The van der Waals surface area contributed by atoms with Crippen LogP contribution < -0.4 is 19.5 Å². The molecular formula is C25H26N2O5S. The van der Waals surface area contributed by atoms with Crippen molar-refractivity contribution in [2.75, 3.05) is 23.3 Å². The van der Waals surface area contributed by atoms with Gasteiger partial charge in [0.2, 0.25) is 0 Å². The largest absolute Gasteiger partial charge is 0.486 e. The van der Waals surface area contributed by atoms with Crippen molar-refractivity contribution < 1.29 is 22.7 Å². The first-order valence-corrected chi connectivity index (χ1v) is 12.0. The fourth-order valence-electron chi connectivity index (χ4n) is 3.39. The first kappa shape index (κ1) is 22.7. The van der Waals surface area contributed by atoms with E-state index in [9.17, 15) is 13.2 Å². The molecule has 1 heterocycles. The zero-order valence-electron chi connectivity index (χ0n) is 18.7. The summed E-state index contributed by atoms with van der Waals surface area (Å²) >= 11 is 0. The third kappa shape index (κ3) is 5.28. The average molecular weight is 467 g/mol. The molecule has 8 heteroatoms. The number of benzene rings is 3. The van der Waals surface area contributed by atoms with Crippen molar-refractivity contribution in [1.29, 1.82) is 0 Å². The normalized spacial score (nSPS) is 13.3. The third-order valence-electron chi connectivity index (χ3n) is 5.21. The molecule has 1 amide bonds. The van der Waals surface area contributed by atoms with Gasteiger partial charge < -0.3 is 14.8 Å². The molecule has 0 atom stereocenters. The van der Waals surface area contributed by atoms with Gasteiger partial charge in [-0.3, -0.25) is 9.52 Å². The average Bonchev–Trinajstić information content (AvgIpc) is 2.78. The number of rotatable bonds is 5. The number of carbonyl (C=O) groups excluding carboxylic acids is 1. The van der Waals surface area contributed by atoms with Crippen molar-refractivity contribution in [2.45, 2.75) is 31.1 Å². The molecule has 7 nitrogen and oxygen atoms in total. The van der Waals surface area contributed by atoms with E-state index in [2.05, 4.69) is 30.8 Å². The molecule has 3 aromatic carbocycles. The highest BCUT2D eigenvalue weighted by Gasteiger charge is 2.20. The Morgan fingerprint density at radius 1 is 0.848 bits per heavy atom. The number of amides is 1. The molecule has 4 rings (SSSR count). The molecule has 0 aliphatic carbocycles. The number of anilines is 2. The SMILES string of the molecule is CC(C)(C)c1ccc(C(=O)Nc2cccc(NS(=O)(=O)c3ccc4c(c3)OCCO4)c2)cc1. The van der Waals surface area contributed by atoms with Gasteiger partial charge in [-0.05, 0) is 53.4 Å². The minimum atomic E-state index is -3.86. The first-order valence-electron chi connectivity index (χ1n) is 10.6. The van der Waals surface area contributed by atoms with Crippen LogP contribution in [-0.4, -0.2) is 27.5 Å². The van der Waals surface area contributed by atoms with Crippen molar-refractivity contribution >= 4 is 27.3 Å². The minimum Gasteiger partial charge on any atom is -0.486 e. The highest BCUT2D eigenvalue weighted by atomic mass is 32.2. The lowest BCUT2D eigenvalue weighted by Gasteiger charge is -2.19. The lowest BCUT2D eigenvalue weighted by atomic mass is 9.87. The van der Waals surface area contributed by atoms with Gasteiger partial charge in [0.05, 0.1) is 10.6 Å². The number of carbonyl (C=O) groups is 1. The van der Waals surface area contributed by atoms with E-state index in [4.69, 9.17) is 9.47 Å². The molecule has 0 spiro atoms. The van der Waals surface area contributed by atoms with Gasteiger partial charge in [-0.15, -0.1) is 0 Å². The van der Waals surface area contributed by atoms with Crippen LogP contribution in [0.15, 0.2) is 71.6 Å². The molecule has 2 N–H and O–H groups in total. The second-order valence-corrected chi connectivity index (χ2v) is 10.5. The zero-order valence-corrected chi connectivity index (χ0v) is 19.5. The lowest BCUT2D eigenvalue weighted by Crippen LogP contribution is -2.17. The topological polar surface area (TPSA) is 93.7 Å². The van der Waals surface area contributed by atoms with Gasteiger partial charge in [0.25, 0.3) is 15.9 Å². The third-order valence-corrected chi connectivity index (χ3v) is 6.59. The fraction of sp³-hybridized carbons (Fsp3) is 0.240. The van der Waals surface area contributed by atoms with Crippen LogP contribution in [0.2, 0.25) is 0 Å². The summed E-state index contributed by atoms with van der Waals surface area (Å²) in [6.45, 7) is 7.12. The van der Waals surface area contributed by atoms with Crippen LogP contribution in [0.3, 0.4) is 0 Å². The quantitative estimate of drug-likeness (QED) is 0.563. The van der Waals surface area contributed by atoms with E-state index in [1.807, 2.05) is 12.1 Å². The monoisotopic (exact) mass is 466 g/mol. The summed E-state index contributed by atoms with van der Waals surface area (Å²) in [5.41, 5.74) is 2.45. The molecular weight excluding hydrogens is 440 g/mol. The van der Waals surface area contributed by atoms with Crippen LogP contribution in [0.25, 0.3) is 0 Å². The van der Waals surface area contributed by atoms with Crippen LogP contribution in [0.5, 0.6) is 11.5 Å². The Morgan fingerprint density at radius 3 is 2.21 bits per heavy atom. The second kappa shape index (κ2) is 8.78. The Balaban J connectivity index is 1.48. The molecule has 0 unspecified atom stereocenters. The number of hydrogen-bond acceptors (Lipinski definition) is 5. The predicted molar refractivity (Wildman–Crippen MR) is 128 cm³/mol. The fourth-order valence-corrected chi connectivity index (χ4v) is 4.45. The van der Waals surface area contributed by atoms with Gasteiger partial charge in [0, 0.05) is 17.3 Å². The molecule has 0 fully saturated rings. The highest BCUT2D eigenvalue weighted by Crippen LogP contribution is 2.33. The minimum absolute atomic E-state index is 0.00228. The summed E-state index contributed by atoms with van der Waals surface area (Å²) < 4.78 is 39.2. The Morgan fingerprint density at radius 2 is 1.52 bits per heavy atom. The highest BCUT2D eigenvalue weighted by molar-refractivity contribution is 7.92. The standard InChI is InChI=1S/C25H26N2O5S/c1-25(2,3)18-9-7-17(8-10-18)24(28)26-19-5-4-6-20(15-19)27-33(29,30)21-11-12-22-23(16-21)32-14-13-31-22/h4-12,15-16,27H,13-14H2,1-3H3,(H,26,28). The Bertz CT molecular complexity index is 1280. The summed E-state index contributed by atoms with van der Waals surface area (Å²) in [6, 6.07) is 18.5. The summed E-state index contributed by atoms with van der Waals surface area (Å²) in [4.78, 5) is 12.7. The molecule has 3 aromatic rings. The first-order chi connectivity index (χ1) is 15.6. The smallest absolute Gasteiger partial charge is 0.262 e. The maximum Gasteiger partial charge on any atom is 0.262 e. The van der Waals surface area contributed by atoms with E-state index in [1.165, 1.54) is 12.1 Å². The van der Waals surface area contributed by atoms with Gasteiger partial charge in [-0.1, -0.05) is 39.0 Å². The summed E-state index contributed by atoms with van der Waals surface area (Å²) in [5.74, 6) is 0.630. The van der Waals surface area contributed by atoms with Crippen molar-refractivity contribution in [2.24, 2.45) is 0 Å². The molecule has 33 heavy (non-hydrogen) atoms. The number of nitrogens with one attached hydrogen (secondary N) is 2. The predicted octanol–water partition coefficient (Wildman–Crippen LogP) is 4.81. The molecule has 0 bridgehead atoms. The van der Waals surface area contributed by atoms with E-state index in [1.54, 1.807) is 42.5 Å². The van der Waals surface area contributed by atoms with E-state index < -0.39 is 10.0 Å². The van der Waals surface area contributed by atoms with Gasteiger partial charge in [-0.25, -0.2) is 8.42 Å². The molecule has 1 aliphatic heterocycles. The molecule has 172 valence electrons. The molecule has 1 aliphatic rings. The molecule has 0 saturated carbocycles. The maximum absolute atomic E-state index is 12.9. The van der Waals surface area contributed by atoms with Crippen LogP contribution in [0, 0.1) is 0 Å². The maximum atomic E-state index is 12.9. The summed E-state index contributed by atoms with van der Waals surface area (Å²) in [5, 5.41) is 2.81. The second-order valence-electron chi connectivity index (χ2n) is 8.77. The van der Waals surface area contributed by atoms with Gasteiger partial charge >= 0.3 is 0 Å². The van der Waals surface area contributed by atoms with Crippen molar-refractivity contribution in [3.63, 3.8) is 0 Å². The van der Waals surface area contributed by atoms with Crippen molar-refractivity contribution in [3.05, 3.63) is 77.9 Å². The Hall–Kier alpha value is -3.52. The molecule has 0 radical (unpaired) electrons. The van der Waals surface area contributed by atoms with Gasteiger partial charge in [0.1, 0.15) is 13.2 Å². The molecule has 0 aromatic heterocycles. The van der Waals surface area contributed by atoms with E-state index >= 15 is 0 Å². The number of hydrogen-bond donors (Lipinski definition) is 2. The molecule has 0 saturated heterocycles. The summed E-state index contributed by atoms with van der Waals surface area (Å²) in [6.07, 6.45) is 0.